The van der Waals surface area contributed by atoms with Crippen molar-refractivity contribution >= 4 is 33.4 Å². The minimum absolute atomic E-state index is 0.0472. The third kappa shape index (κ3) is 5.91. The molecule has 0 saturated carbocycles. The van der Waals surface area contributed by atoms with Crippen LogP contribution in [0.5, 0.6) is 0 Å². The molecule has 0 heterocycles. The van der Waals surface area contributed by atoms with Crippen LogP contribution in [0.15, 0.2) is 46.9 Å². The van der Waals surface area contributed by atoms with Crippen molar-refractivity contribution in [3.63, 3.8) is 0 Å². The molecule has 6 heteroatoms. The summed E-state index contributed by atoms with van der Waals surface area (Å²) in [4.78, 5) is 27.0. The van der Waals surface area contributed by atoms with Gasteiger partial charge in [-0.05, 0) is 49.0 Å². The third-order valence-electron chi connectivity index (χ3n) is 4.45. The molecule has 2 N–H and O–H groups in total. The maximum atomic E-state index is 12.7. The van der Waals surface area contributed by atoms with Gasteiger partial charge in [-0.2, -0.15) is 0 Å². The molecular weight excluding hydrogens is 408 g/mol. The molecule has 0 aliphatic rings. The molecule has 0 atom stereocenters. The summed E-state index contributed by atoms with van der Waals surface area (Å²) < 4.78 is 6.20. The fraction of sp³-hybridized carbons (Fsp3) is 0.333. The van der Waals surface area contributed by atoms with E-state index in [0.29, 0.717) is 35.5 Å². The second kappa shape index (κ2) is 10.2. The first-order valence-electron chi connectivity index (χ1n) is 9.01. The van der Waals surface area contributed by atoms with Crippen LogP contribution < -0.4 is 5.73 Å². The summed E-state index contributed by atoms with van der Waals surface area (Å²) in [6.45, 7) is 7.02. The van der Waals surface area contributed by atoms with Gasteiger partial charge in [0.05, 0.1) is 6.42 Å². The van der Waals surface area contributed by atoms with Crippen LogP contribution in [0.4, 0.5) is 5.69 Å². The molecule has 2 aromatic carbocycles. The summed E-state index contributed by atoms with van der Waals surface area (Å²) in [6.07, 6.45) is 0.0472. The van der Waals surface area contributed by atoms with E-state index >= 15 is 0 Å². The molecule has 0 radical (unpaired) electrons. The van der Waals surface area contributed by atoms with E-state index in [1.54, 1.807) is 42.5 Å². The number of hydrogen-bond acceptors (Lipinski definition) is 5. The zero-order valence-electron chi connectivity index (χ0n) is 15.7. The van der Waals surface area contributed by atoms with Crippen LogP contribution in [0.1, 0.15) is 35.3 Å². The number of ketones is 1. The van der Waals surface area contributed by atoms with Crippen LogP contribution in [0, 0.1) is 0 Å². The minimum Gasteiger partial charge on any atom is -0.464 e. The van der Waals surface area contributed by atoms with Crippen LogP contribution >= 0.6 is 15.9 Å². The Morgan fingerprint density at radius 3 is 2.37 bits per heavy atom. The highest BCUT2D eigenvalue weighted by Crippen LogP contribution is 2.22. The number of anilines is 1. The molecule has 0 amide bonds. The maximum Gasteiger partial charge on any atom is 0.310 e. The predicted octanol–water partition coefficient (Wildman–Crippen LogP) is 3.69. The Bertz CT molecular complexity index is 787. The Balaban J connectivity index is 2.04. The van der Waals surface area contributed by atoms with E-state index in [9.17, 15) is 9.59 Å². The van der Waals surface area contributed by atoms with Crippen molar-refractivity contribution in [3.05, 3.63) is 63.6 Å². The van der Waals surface area contributed by atoms with Crippen molar-refractivity contribution in [2.24, 2.45) is 0 Å². The van der Waals surface area contributed by atoms with Crippen molar-refractivity contribution in [2.45, 2.75) is 20.3 Å². The van der Waals surface area contributed by atoms with E-state index in [1.807, 2.05) is 0 Å². The highest BCUT2D eigenvalue weighted by molar-refractivity contribution is 9.10. The van der Waals surface area contributed by atoms with Crippen molar-refractivity contribution in [1.29, 1.82) is 0 Å². The number of rotatable bonds is 9. The highest BCUT2D eigenvalue weighted by atomic mass is 79.9. The summed E-state index contributed by atoms with van der Waals surface area (Å²) in [7, 11) is 0. The fourth-order valence-electron chi connectivity index (χ4n) is 2.76. The first-order chi connectivity index (χ1) is 13.0. The molecule has 0 fully saturated rings. The van der Waals surface area contributed by atoms with Crippen LogP contribution in [-0.4, -0.2) is 42.9 Å². The maximum absolute atomic E-state index is 12.7. The average Bonchev–Trinajstić information content (AvgIpc) is 2.67. The average molecular weight is 433 g/mol. The van der Waals surface area contributed by atoms with Crippen LogP contribution in [0.3, 0.4) is 0 Å². The molecule has 27 heavy (non-hydrogen) atoms. The van der Waals surface area contributed by atoms with Gasteiger partial charge in [0, 0.05) is 27.8 Å². The molecule has 5 nitrogen and oxygen atoms in total. The SMILES string of the molecule is CCN(CC)CCOC(=O)Cc1cccc(C(=O)c2ccc(Br)cc2)c1N. The number of nitrogen functional groups attached to an aromatic ring is 1. The number of benzene rings is 2. The lowest BCUT2D eigenvalue weighted by molar-refractivity contribution is -0.143. The second-order valence-electron chi connectivity index (χ2n) is 6.14. The second-order valence-corrected chi connectivity index (χ2v) is 7.05. The van der Waals surface area contributed by atoms with Gasteiger partial charge in [0.1, 0.15) is 6.61 Å². The van der Waals surface area contributed by atoms with E-state index in [4.69, 9.17) is 10.5 Å². The zero-order valence-corrected chi connectivity index (χ0v) is 17.3. The van der Waals surface area contributed by atoms with Gasteiger partial charge in [0.25, 0.3) is 0 Å². The molecule has 2 aromatic rings. The first kappa shape index (κ1) is 21.1. The fourth-order valence-corrected chi connectivity index (χ4v) is 3.02. The van der Waals surface area contributed by atoms with E-state index in [2.05, 4.69) is 34.7 Å². The van der Waals surface area contributed by atoms with E-state index in [-0.39, 0.29) is 18.2 Å². The number of carbonyl (C=O) groups excluding carboxylic acids is 2. The lowest BCUT2D eigenvalue weighted by Gasteiger charge is -2.17. The lowest BCUT2D eigenvalue weighted by atomic mass is 9.98. The van der Waals surface area contributed by atoms with Gasteiger partial charge in [-0.3, -0.25) is 9.59 Å². The van der Waals surface area contributed by atoms with Crippen LogP contribution in [0.25, 0.3) is 0 Å². The van der Waals surface area contributed by atoms with Gasteiger partial charge in [-0.25, -0.2) is 0 Å². The van der Waals surface area contributed by atoms with E-state index in [1.165, 1.54) is 0 Å². The van der Waals surface area contributed by atoms with Gasteiger partial charge >= 0.3 is 5.97 Å². The lowest BCUT2D eigenvalue weighted by Crippen LogP contribution is -2.28. The number of likely N-dealkylation sites (N-methyl/N-ethyl adjacent to an activating group) is 1. The highest BCUT2D eigenvalue weighted by Gasteiger charge is 2.16. The summed E-state index contributed by atoms with van der Waals surface area (Å²) >= 11 is 3.35. The summed E-state index contributed by atoms with van der Waals surface area (Å²) in [6, 6.07) is 12.2. The number of esters is 1. The summed E-state index contributed by atoms with van der Waals surface area (Å²) in [5, 5.41) is 0. The monoisotopic (exact) mass is 432 g/mol. The molecule has 0 spiro atoms. The predicted molar refractivity (Wildman–Crippen MR) is 111 cm³/mol. The number of para-hydroxylation sites is 1. The standard InChI is InChI=1S/C21H25BrN2O3/c1-3-24(4-2)12-13-27-19(25)14-16-6-5-7-18(20(16)23)21(26)15-8-10-17(22)11-9-15/h5-11H,3-4,12-14,23H2,1-2H3. The molecule has 0 aromatic heterocycles. The number of hydrogen-bond donors (Lipinski definition) is 1. The molecule has 0 unspecified atom stereocenters. The molecule has 0 bridgehead atoms. The largest absolute Gasteiger partial charge is 0.464 e. The number of halogens is 1. The molecular formula is C21H25BrN2O3. The van der Waals surface area contributed by atoms with Crippen molar-refractivity contribution in [1.82, 2.24) is 4.90 Å². The minimum atomic E-state index is -0.345. The Morgan fingerprint density at radius 2 is 1.74 bits per heavy atom. The van der Waals surface area contributed by atoms with E-state index < -0.39 is 0 Å². The van der Waals surface area contributed by atoms with Gasteiger partial charge in [-0.15, -0.1) is 0 Å². The van der Waals surface area contributed by atoms with Crippen molar-refractivity contribution < 1.29 is 14.3 Å². The molecule has 144 valence electrons. The quantitative estimate of drug-likeness (QED) is 0.371. The summed E-state index contributed by atoms with van der Waals surface area (Å²) in [5.41, 5.74) is 8.04. The van der Waals surface area contributed by atoms with Crippen LogP contribution in [-0.2, 0) is 16.0 Å². The number of nitrogens with two attached hydrogens (primary N) is 1. The van der Waals surface area contributed by atoms with E-state index in [0.717, 1.165) is 17.6 Å². The normalized spacial score (nSPS) is 10.8. The molecule has 0 saturated heterocycles. The Kier molecular flexibility index (Phi) is 8.00. The molecule has 0 aliphatic heterocycles. The topological polar surface area (TPSA) is 72.6 Å². The number of nitrogens with zero attached hydrogens (tertiary/aromatic N) is 1. The third-order valence-corrected chi connectivity index (χ3v) is 4.98. The van der Waals surface area contributed by atoms with Crippen molar-refractivity contribution in [3.8, 4) is 0 Å². The zero-order chi connectivity index (χ0) is 19.8. The number of carbonyl (C=O) groups is 2. The molecule has 0 aliphatic carbocycles. The number of ether oxygens (including phenoxy) is 1. The van der Waals surface area contributed by atoms with Gasteiger partial charge in [0.2, 0.25) is 0 Å². The van der Waals surface area contributed by atoms with Gasteiger partial charge in [0.15, 0.2) is 5.78 Å². The Morgan fingerprint density at radius 1 is 1.07 bits per heavy atom. The Labute approximate surface area is 168 Å². The Hall–Kier alpha value is -2.18. The van der Waals surface area contributed by atoms with Crippen LogP contribution in [0.2, 0.25) is 0 Å². The van der Waals surface area contributed by atoms with Crippen molar-refractivity contribution in [2.75, 3.05) is 32.0 Å². The first-order valence-corrected chi connectivity index (χ1v) is 9.81. The van der Waals surface area contributed by atoms with Gasteiger partial charge in [-0.1, -0.05) is 41.9 Å². The smallest absolute Gasteiger partial charge is 0.310 e. The van der Waals surface area contributed by atoms with Gasteiger partial charge < -0.3 is 15.4 Å². The molecule has 2 rings (SSSR count). The summed E-state index contributed by atoms with van der Waals surface area (Å²) in [5.74, 6) is -0.515.